The maximum Gasteiger partial charge on any atom is 0.0877 e. The molecular formula is C8H12N2O. The number of hydrogen-bond acceptors (Lipinski definition) is 2. The second-order valence-corrected chi connectivity index (χ2v) is 2.46. The predicted octanol–water partition coefficient (Wildman–Crippen LogP) is 0.734. The summed E-state index contributed by atoms with van der Waals surface area (Å²) in [5.41, 5.74) is 2.04. The molecular weight excluding hydrogens is 140 g/mol. The molecule has 0 aliphatic rings. The summed E-state index contributed by atoms with van der Waals surface area (Å²) in [7, 11) is 1.88. The van der Waals surface area contributed by atoms with Gasteiger partial charge in [0.15, 0.2) is 0 Å². The van der Waals surface area contributed by atoms with Crippen molar-refractivity contribution in [2.45, 2.75) is 6.92 Å². The highest BCUT2D eigenvalue weighted by Gasteiger charge is 1.96. The van der Waals surface area contributed by atoms with Gasteiger partial charge in [0.25, 0.3) is 0 Å². The second-order valence-electron chi connectivity index (χ2n) is 2.46. The van der Waals surface area contributed by atoms with Crippen molar-refractivity contribution in [2.75, 3.05) is 6.61 Å². The summed E-state index contributed by atoms with van der Waals surface area (Å²) < 4.78 is 1.76. The fourth-order valence-corrected chi connectivity index (χ4v) is 0.953. The van der Waals surface area contributed by atoms with Gasteiger partial charge in [-0.2, -0.15) is 5.10 Å². The Bertz CT molecular complexity index is 263. The van der Waals surface area contributed by atoms with Gasteiger partial charge in [-0.3, -0.25) is 4.68 Å². The Kier molecular flexibility index (Phi) is 2.44. The maximum absolute atomic E-state index is 8.50. The molecule has 0 spiro atoms. The first-order chi connectivity index (χ1) is 5.24. The normalized spacial score (nSPS) is 11.2. The molecule has 1 heterocycles. The summed E-state index contributed by atoms with van der Waals surface area (Å²) in [6.07, 6.45) is 5.43. The maximum atomic E-state index is 8.50. The van der Waals surface area contributed by atoms with Gasteiger partial charge < -0.3 is 5.11 Å². The molecule has 0 atom stereocenters. The van der Waals surface area contributed by atoms with Gasteiger partial charge in [0.2, 0.25) is 0 Å². The standard InChI is InChI=1S/C8H12N2O/c1-7-6-10(2)9-8(7)4-3-5-11/h3-4,6,11H,5H2,1-2H3/b4-3+. The minimum atomic E-state index is 0.0655. The highest BCUT2D eigenvalue weighted by molar-refractivity contribution is 5.47. The van der Waals surface area contributed by atoms with E-state index in [9.17, 15) is 0 Å². The van der Waals surface area contributed by atoms with Crippen LogP contribution in [-0.4, -0.2) is 21.5 Å². The third-order valence-corrected chi connectivity index (χ3v) is 1.43. The number of hydrogen-bond donors (Lipinski definition) is 1. The molecule has 0 amide bonds. The van der Waals surface area contributed by atoms with Crippen LogP contribution >= 0.6 is 0 Å². The number of nitrogens with zero attached hydrogens (tertiary/aromatic N) is 2. The van der Waals surface area contributed by atoms with Gasteiger partial charge in [-0.25, -0.2) is 0 Å². The second kappa shape index (κ2) is 3.34. The van der Waals surface area contributed by atoms with Crippen LogP contribution in [0, 0.1) is 6.92 Å². The molecule has 1 aromatic heterocycles. The van der Waals surface area contributed by atoms with E-state index in [2.05, 4.69) is 5.10 Å². The molecule has 0 saturated carbocycles. The number of aliphatic hydroxyl groups is 1. The molecule has 60 valence electrons. The van der Waals surface area contributed by atoms with E-state index >= 15 is 0 Å². The monoisotopic (exact) mass is 152 g/mol. The van der Waals surface area contributed by atoms with Crippen molar-refractivity contribution in [1.29, 1.82) is 0 Å². The minimum Gasteiger partial charge on any atom is -0.392 e. The highest BCUT2D eigenvalue weighted by Crippen LogP contribution is 2.05. The Morgan fingerprint density at radius 2 is 2.45 bits per heavy atom. The Morgan fingerprint density at radius 1 is 1.73 bits per heavy atom. The van der Waals surface area contributed by atoms with Crippen LogP contribution in [-0.2, 0) is 7.05 Å². The van der Waals surface area contributed by atoms with E-state index in [1.165, 1.54) is 0 Å². The van der Waals surface area contributed by atoms with Crippen LogP contribution in [0.3, 0.4) is 0 Å². The average molecular weight is 152 g/mol. The minimum absolute atomic E-state index is 0.0655. The molecule has 0 aliphatic heterocycles. The topological polar surface area (TPSA) is 38.0 Å². The largest absolute Gasteiger partial charge is 0.392 e. The Labute approximate surface area is 66.0 Å². The van der Waals surface area contributed by atoms with E-state index in [-0.39, 0.29) is 6.61 Å². The Hall–Kier alpha value is -1.09. The van der Waals surface area contributed by atoms with Crippen molar-refractivity contribution in [3.63, 3.8) is 0 Å². The molecule has 1 rings (SSSR count). The van der Waals surface area contributed by atoms with Crippen molar-refractivity contribution in [1.82, 2.24) is 9.78 Å². The van der Waals surface area contributed by atoms with E-state index in [0.29, 0.717) is 0 Å². The lowest BCUT2D eigenvalue weighted by molar-refractivity contribution is 0.343. The number of aryl methyl sites for hydroxylation is 2. The molecule has 3 nitrogen and oxygen atoms in total. The van der Waals surface area contributed by atoms with Gasteiger partial charge in [-0.05, 0) is 18.6 Å². The quantitative estimate of drug-likeness (QED) is 0.678. The van der Waals surface area contributed by atoms with Crippen molar-refractivity contribution in [3.05, 3.63) is 23.5 Å². The molecule has 0 bridgehead atoms. The molecule has 0 radical (unpaired) electrons. The molecule has 0 aliphatic carbocycles. The van der Waals surface area contributed by atoms with Crippen LogP contribution in [0.5, 0.6) is 0 Å². The zero-order valence-electron chi connectivity index (χ0n) is 6.78. The first kappa shape index (κ1) is 8.01. The van der Waals surface area contributed by atoms with Crippen LogP contribution in [0.1, 0.15) is 11.3 Å². The summed E-state index contributed by atoms with van der Waals surface area (Å²) >= 11 is 0. The average Bonchev–Trinajstić information content (AvgIpc) is 2.26. The van der Waals surface area contributed by atoms with Crippen LogP contribution in [0.4, 0.5) is 0 Å². The lowest BCUT2D eigenvalue weighted by atomic mass is 10.2. The Balaban J connectivity index is 2.85. The van der Waals surface area contributed by atoms with Crippen LogP contribution in [0.2, 0.25) is 0 Å². The van der Waals surface area contributed by atoms with Gasteiger partial charge in [0.05, 0.1) is 12.3 Å². The molecule has 1 N–H and O–H groups in total. The summed E-state index contributed by atoms with van der Waals surface area (Å²) in [5, 5.41) is 12.7. The zero-order chi connectivity index (χ0) is 8.27. The fraction of sp³-hybridized carbons (Fsp3) is 0.375. The molecule has 0 unspecified atom stereocenters. The van der Waals surface area contributed by atoms with E-state index in [1.807, 2.05) is 26.2 Å². The van der Waals surface area contributed by atoms with E-state index < -0.39 is 0 Å². The Morgan fingerprint density at radius 3 is 2.91 bits per heavy atom. The predicted molar refractivity (Wildman–Crippen MR) is 44.1 cm³/mol. The van der Waals surface area contributed by atoms with E-state index in [4.69, 9.17) is 5.11 Å². The summed E-state index contributed by atoms with van der Waals surface area (Å²) in [6, 6.07) is 0. The highest BCUT2D eigenvalue weighted by atomic mass is 16.2. The summed E-state index contributed by atoms with van der Waals surface area (Å²) in [6.45, 7) is 2.06. The first-order valence-corrected chi connectivity index (χ1v) is 3.51. The molecule has 0 aromatic carbocycles. The molecule has 1 aromatic rings. The van der Waals surface area contributed by atoms with E-state index in [1.54, 1.807) is 10.8 Å². The van der Waals surface area contributed by atoms with Crippen LogP contribution in [0.15, 0.2) is 12.3 Å². The van der Waals surface area contributed by atoms with Crippen LogP contribution in [0.25, 0.3) is 6.08 Å². The van der Waals surface area contributed by atoms with E-state index in [0.717, 1.165) is 11.3 Å². The smallest absolute Gasteiger partial charge is 0.0877 e. The van der Waals surface area contributed by atoms with Gasteiger partial charge >= 0.3 is 0 Å². The van der Waals surface area contributed by atoms with Crippen molar-refractivity contribution < 1.29 is 5.11 Å². The lowest BCUT2D eigenvalue weighted by Crippen LogP contribution is -1.86. The molecule has 11 heavy (non-hydrogen) atoms. The van der Waals surface area contributed by atoms with Gasteiger partial charge in [0, 0.05) is 13.2 Å². The fourth-order valence-electron chi connectivity index (χ4n) is 0.953. The summed E-state index contributed by atoms with van der Waals surface area (Å²) in [4.78, 5) is 0. The van der Waals surface area contributed by atoms with Gasteiger partial charge in [0.1, 0.15) is 0 Å². The summed E-state index contributed by atoms with van der Waals surface area (Å²) in [5.74, 6) is 0. The SMILES string of the molecule is Cc1cn(C)nc1/C=C/CO. The van der Waals surface area contributed by atoms with Crippen LogP contribution < -0.4 is 0 Å². The molecule has 0 fully saturated rings. The third-order valence-electron chi connectivity index (χ3n) is 1.43. The third kappa shape index (κ3) is 1.91. The lowest BCUT2D eigenvalue weighted by Gasteiger charge is -1.85. The molecule has 3 heteroatoms. The van der Waals surface area contributed by atoms with Crippen molar-refractivity contribution in [3.8, 4) is 0 Å². The number of aromatic nitrogens is 2. The zero-order valence-corrected chi connectivity index (χ0v) is 6.78. The number of rotatable bonds is 2. The molecule has 0 saturated heterocycles. The first-order valence-electron chi connectivity index (χ1n) is 3.51. The van der Waals surface area contributed by atoms with Crippen molar-refractivity contribution in [2.24, 2.45) is 7.05 Å². The van der Waals surface area contributed by atoms with Crippen molar-refractivity contribution >= 4 is 6.08 Å². The van der Waals surface area contributed by atoms with Gasteiger partial charge in [-0.1, -0.05) is 6.08 Å². The van der Waals surface area contributed by atoms with Gasteiger partial charge in [-0.15, -0.1) is 0 Å². The number of aliphatic hydroxyl groups excluding tert-OH is 1.